The van der Waals surface area contributed by atoms with E-state index in [0.717, 1.165) is 10.8 Å². The summed E-state index contributed by atoms with van der Waals surface area (Å²) in [5.74, 6) is 0. The SMILES string of the molecule is CC(C)(C)OC(=O)n1c2ccncc2c2ccc(Cl)nc21. The fraction of sp³-hybridized carbons (Fsp3) is 0.267. The average molecular weight is 304 g/mol. The van der Waals surface area contributed by atoms with Gasteiger partial charge in [-0.15, -0.1) is 0 Å². The second-order valence-corrected chi connectivity index (χ2v) is 6.10. The molecule has 3 aromatic heterocycles. The number of ether oxygens (including phenoxy) is 1. The highest BCUT2D eigenvalue weighted by Crippen LogP contribution is 2.29. The van der Waals surface area contributed by atoms with Crippen LogP contribution in [0.3, 0.4) is 0 Å². The van der Waals surface area contributed by atoms with Crippen molar-refractivity contribution in [1.29, 1.82) is 0 Å². The number of carbonyl (C=O) groups excluding carboxylic acids is 1. The monoisotopic (exact) mass is 303 g/mol. The number of aromatic nitrogens is 3. The Labute approximate surface area is 126 Å². The van der Waals surface area contributed by atoms with Gasteiger partial charge in [0.15, 0.2) is 5.65 Å². The third-order valence-electron chi connectivity index (χ3n) is 2.96. The van der Waals surface area contributed by atoms with E-state index in [4.69, 9.17) is 16.3 Å². The summed E-state index contributed by atoms with van der Waals surface area (Å²) in [6.45, 7) is 5.46. The standard InChI is InChI=1S/C15H14ClN3O2/c1-15(2,3)21-14(20)19-11-6-7-17-8-10(11)9-4-5-12(16)18-13(9)19/h4-8H,1-3H3. The largest absolute Gasteiger partial charge is 0.443 e. The Morgan fingerprint density at radius 2 is 2.00 bits per heavy atom. The zero-order valence-electron chi connectivity index (χ0n) is 11.9. The van der Waals surface area contributed by atoms with Gasteiger partial charge in [0.1, 0.15) is 10.8 Å². The van der Waals surface area contributed by atoms with E-state index in [1.807, 2.05) is 26.8 Å². The van der Waals surface area contributed by atoms with Crippen molar-refractivity contribution in [2.45, 2.75) is 26.4 Å². The molecule has 3 aromatic rings. The highest BCUT2D eigenvalue weighted by atomic mass is 35.5. The second-order valence-electron chi connectivity index (χ2n) is 5.71. The molecule has 0 bridgehead atoms. The average Bonchev–Trinajstić information content (AvgIpc) is 2.70. The zero-order valence-corrected chi connectivity index (χ0v) is 12.7. The summed E-state index contributed by atoms with van der Waals surface area (Å²) in [5, 5.41) is 1.97. The van der Waals surface area contributed by atoms with Crippen LogP contribution < -0.4 is 0 Å². The molecule has 0 aliphatic carbocycles. The molecule has 3 heterocycles. The topological polar surface area (TPSA) is 57.0 Å². The van der Waals surface area contributed by atoms with Gasteiger partial charge in [-0.2, -0.15) is 0 Å². The van der Waals surface area contributed by atoms with Gasteiger partial charge in [-0.3, -0.25) is 4.98 Å². The Morgan fingerprint density at radius 1 is 1.24 bits per heavy atom. The van der Waals surface area contributed by atoms with E-state index in [1.165, 1.54) is 4.57 Å². The summed E-state index contributed by atoms with van der Waals surface area (Å²) in [7, 11) is 0. The van der Waals surface area contributed by atoms with Crippen molar-refractivity contribution < 1.29 is 9.53 Å². The molecule has 0 saturated heterocycles. The predicted molar refractivity (Wildman–Crippen MR) is 81.7 cm³/mol. The van der Waals surface area contributed by atoms with Crippen molar-refractivity contribution >= 4 is 39.6 Å². The van der Waals surface area contributed by atoms with E-state index in [2.05, 4.69) is 9.97 Å². The molecule has 0 unspecified atom stereocenters. The molecule has 0 aliphatic heterocycles. The van der Waals surface area contributed by atoms with E-state index in [-0.39, 0.29) is 0 Å². The number of fused-ring (bicyclic) bond motifs is 3. The van der Waals surface area contributed by atoms with Gasteiger partial charge >= 0.3 is 6.09 Å². The van der Waals surface area contributed by atoms with Crippen molar-refractivity contribution in [2.24, 2.45) is 0 Å². The molecule has 0 saturated carbocycles. The number of hydrogen-bond donors (Lipinski definition) is 0. The van der Waals surface area contributed by atoms with Crippen LogP contribution in [0.2, 0.25) is 5.15 Å². The van der Waals surface area contributed by atoms with Crippen LogP contribution in [0.15, 0.2) is 30.6 Å². The van der Waals surface area contributed by atoms with Gasteiger partial charge in [0.05, 0.1) is 5.52 Å². The molecule has 5 nitrogen and oxygen atoms in total. The minimum Gasteiger partial charge on any atom is -0.443 e. The molecule has 0 fully saturated rings. The Hall–Kier alpha value is -2.14. The minimum absolute atomic E-state index is 0.322. The van der Waals surface area contributed by atoms with Gasteiger partial charge in [0.25, 0.3) is 0 Å². The zero-order chi connectivity index (χ0) is 15.2. The summed E-state index contributed by atoms with van der Waals surface area (Å²) in [4.78, 5) is 20.9. The third kappa shape index (κ3) is 2.45. The number of nitrogens with zero attached hydrogens (tertiary/aromatic N) is 3. The lowest BCUT2D eigenvalue weighted by atomic mass is 10.2. The third-order valence-corrected chi connectivity index (χ3v) is 3.17. The Bertz CT molecular complexity index is 849. The molecule has 0 spiro atoms. The van der Waals surface area contributed by atoms with Gasteiger partial charge < -0.3 is 4.74 Å². The molecule has 0 atom stereocenters. The first-order chi connectivity index (χ1) is 9.87. The number of rotatable bonds is 0. The Kier molecular flexibility index (Phi) is 3.10. The lowest BCUT2D eigenvalue weighted by molar-refractivity contribution is 0.0550. The van der Waals surface area contributed by atoms with E-state index >= 15 is 0 Å². The van der Waals surface area contributed by atoms with Crippen LogP contribution in [0.4, 0.5) is 4.79 Å². The van der Waals surface area contributed by atoms with Crippen molar-refractivity contribution in [3.63, 3.8) is 0 Å². The fourth-order valence-electron chi connectivity index (χ4n) is 2.20. The van der Waals surface area contributed by atoms with Gasteiger partial charge in [0.2, 0.25) is 0 Å². The number of pyridine rings is 2. The summed E-state index contributed by atoms with van der Waals surface area (Å²) in [6.07, 6.45) is 2.85. The number of halogens is 1. The van der Waals surface area contributed by atoms with Crippen molar-refractivity contribution in [3.05, 3.63) is 35.7 Å². The van der Waals surface area contributed by atoms with Crippen LogP contribution in [0.1, 0.15) is 20.8 Å². The smallest absolute Gasteiger partial charge is 0.420 e. The lowest BCUT2D eigenvalue weighted by Crippen LogP contribution is -2.27. The molecule has 21 heavy (non-hydrogen) atoms. The molecule has 108 valence electrons. The highest BCUT2D eigenvalue weighted by Gasteiger charge is 2.23. The Balaban J connectivity index is 2.32. The first-order valence-electron chi connectivity index (χ1n) is 6.51. The van der Waals surface area contributed by atoms with Crippen LogP contribution >= 0.6 is 11.6 Å². The molecule has 3 rings (SSSR count). The molecule has 0 N–H and O–H groups in total. The van der Waals surface area contributed by atoms with E-state index < -0.39 is 11.7 Å². The highest BCUT2D eigenvalue weighted by molar-refractivity contribution is 6.30. The van der Waals surface area contributed by atoms with E-state index in [0.29, 0.717) is 16.3 Å². The number of hydrogen-bond acceptors (Lipinski definition) is 4. The maximum Gasteiger partial charge on any atom is 0.420 e. The maximum absolute atomic E-state index is 12.5. The van der Waals surface area contributed by atoms with Gasteiger partial charge in [0, 0.05) is 23.2 Å². The van der Waals surface area contributed by atoms with Gasteiger partial charge in [-0.25, -0.2) is 14.3 Å². The van der Waals surface area contributed by atoms with Crippen molar-refractivity contribution in [2.75, 3.05) is 0 Å². The molecular formula is C15H14ClN3O2. The minimum atomic E-state index is -0.592. The number of carbonyl (C=O) groups is 1. The summed E-state index contributed by atoms with van der Waals surface area (Å²) < 4.78 is 6.89. The molecule has 6 heteroatoms. The lowest BCUT2D eigenvalue weighted by Gasteiger charge is -2.20. The second kappa shape index (κ2) is 4.70. The molecule has 0 aliphatic rings. The van der Waals surface area contributed by atoms with Gasteiger partial charge in [-0.05, 0) is 39.0 Å². The predicted octanol–water partition coefficient (Wildman–Crippen LogP) is 4.02. The van der Waals surface area contributed by atoms with Crippen LogP contribution in [-0.2, 0) is 4.74 Å². The first-order valence-corrected chi connectivity index (χ1v) is 6.89. The van der Waals surface area contributed by atoms with Crippen molar-refractivity contribution in [1.82, 2.24) is 14.5 Å². The molecular weight excluding hydrogens is 290 g/mol. The maximum atomic E-state index is 12.5. The van der Waals surface area contributed by atoms with Crippen molar-refractivity contribution in [3.8, 4) is 0 Å². The van der Waals surface area contributed by atoms with E-state index in [1.54, 1.807) is 24.5 Å². The first kappa shape index (κ1) is 13.8. The fourth-order valence-corrected chi connectivity index (χ4v) is 2.35. The summed E-state index contributed by atoms with van der Waals surface area (Å²) >= 11 is 5.96. The quantitative estimate of drug-likeness (QED) is 0.589. The summed E-state index contributed by atoms with van der Waals surface area (Å²) in [6, 6.07) is 5.28. The Morgan fingerprint density at radius 3 is 2.71 bits per heavy atom. The van der Waals surface area contributed by atoms with Crippen LogP contribution in [-0.4, -0.2) is 26.2 Å². The molecule has 0 aromatic carbocycles. The van der Waals surface area contributed by atoms with Gasteiger partial charge in [-0.1, -0.05) is 11.6 Å². The van der Waals surface area contributed by atoms with Crippen LogP contribution in [0, 0.1) is 0 Å². The van der Waals surface area contributed by atoms with Crippen LogP contribution in [0.25, 0.3) is 21.9 Å². The molecule has 0 amide bonds. The molecule has 0 radical (unpaired) electrons. The normalized spacial score (nSPS) is 12.0. The van der Waals surface area contributed by atoms with E-state index in [9.17, 15) is 4.79 Å². The summed E-state index contributed by atoms with van der Waals surface area (Å²) in [5.41, 5.74) is 0.578. The van der Waals surface area contributed by atoms with Crippen LogP contribution in [0.5, 0.6) is 0 Å².